The first kappa shape index (κ1) is 5.21. The van der Waals surface area contributed by atoms with Crippen LogP contribution in [0.3, 0.4) is 0 Å². The Kier molecular flexibility index (Phi) is 4.39. The summed E-state index contributed by atoms with van der Waals surface area (Å²) in [6.45, 7) is 1.28. The van der Waals surface area contributed by atoms with Gasteiger partial charge >= 0.3 is 0 Å². The van der Waals surface area contributed by atoms with Crippen LogP contribution in [0.4, 0.5) is 0 Å². The van der Waals surface area contributed by atoms with Gasteiger partial charge in [0.25, 0.3) is 0 Å². The van der Waals surface area contributed by atoms with Gasteiger partial charge in [0.15, 0.2) is 0 Å². The van der Waals surface area contributed by atoms with E-state index < -0.39 is 0 Å². The van der Waals surface area contributed by atoms with Crippen LogP contribution in [-0.2, 0) is 0 Å². The van der Waals surface area contributed by atoms with Crippen LogP contribution in [0.1, 0.15) is 0 Å². The third-order valence-electron chi connectivity index (χ3n) is 0.239. The van der Waals surface area contributed by atoms with Crippen molar-refractivity contribution < 1.29 is 0 Å². The van der Waals surface area contributed by atoms with Crippen molar-refractivity contribution in [3.05, 3.63) is 0 Å². The number of halogens is 1. The maximum Gasteiger partial charge on any atom is 0.0231 e. The van der Waals surface area contributed by atoms with E-state index in [-0.39, 0.29) is 0 Å². The maximum absolute atomic E-state index is 4.99. The minimum atomic E-state index is 0.601. The zero-order valence-electron chi connectivity index (χ0n) is 2.87. The minimum absolute atomic E-state index is 0.601. The number of hydrogen-bond acceptors (Lipinski definition) is 2. The summed E-state index contributed by atoms with van der Waals surface area (Å²) < 4.78 is 0. The molecular weight excluding hydrogens is 87.5 g/mol. The molecule has 0 aromatic heterocycles. The molecule has 0 saturated carbocycles. The van der Waals surface area contributed by atoms with Crippen molar-refractivity contribution in [3.8, 4) is 0 Å². The van der Waals surface area contributed by atoms with Gasteiger partial charge in [-0.05, 0) is 11.8 Å². The summed E-state index contributed by atoms with van der Waals surface area (Å²) in [6.07, 6.45) is 0. The van der Waals surface area contributed by atoms with E-state index in [1.54, 1.807) is 0 Å². The molecule has 2 nitrogen and oxygen atoms in total. The molecule has 0 unspecified atom stereocenters. The Labute approximate surface area is 36.4 Å². The van der Waals surface area contributed by atoms with Crippen LogP contribution < -0.4 is 10.6 Å². The molecule has 0 aliphatic rings. The van der Waals surface area contributed by atoms with Crippen molar-refractivity contribution in [2.75, 3.05) is 13.1 Å². The number of rotatable bonds is 2. The number of nitrogens with two attached hydrogens (primary N) is 1. The zero-order chi connectivity index (χ0) is 4.12. The quantitative estimate of drug-likeness (QED) is 0.461. The third-order valence-corrected chi connectivity index (χ3v) is 0.428. The van der Waals surface area contributed by atoms with Crippen LogP contribution >= 0.6 is 11.8 Å². The summed E-state index contributed by atoms with van der Waals surface area (Å²) in [6, 6.07) is 0. The molecule has 0 radical (unpaired) electrons. The predicted molar refractivity (Wildman–Crippen MR) is 22.9 cm³/mol. The van der Waals surface area contributed by atoms with Gasteiger partial charge in [-0.2, -0.15) is 0 Å². The summed E-state index contributed by atoms with van der Waals surface area (Å²) in [4.78, 5) is 2.36. The Morgan fingerprint density at radius 2 is 2.40 bits per heavy atom. The average Bonchev–Trinajstić information content (AvgIpc) is 1.41. The second-order valence-corrected chi connectivity index (χ2v) is 0.940. The molecule has 0 aromatic carbocycles. The number of nitrogens with one attached hydrogen (secondary N) is 1. The van der Waals surface area contributed by atoms with E-state index >= 15 is 0 Å². The van der Waals surface area contributed by atoms with Gasteiger partial charge in [-0.25, -0.2) is 4.84 Å². The summed E-state index contributed by atoms with van der Waals surface area (Å²) in [5, 5.41) is 0. The Bertz CT molecular complexity index is 15.1. The molecule has 0 aliphatic carbocycles. The second-order valence-electron chi connectivity index (χ2n) is 0.672. The smallest absolute Gasteiger partial charge is 0.0231 e. The van der Waals surface area contributed by atoms with Crippen LogP contribution in [0.2, 0.25) is 0 Å². The molecule has 3 heteroatoms. The monoisotopic (exact) mass is 94.0 g/mol. The first-order valence-corrected chi connectivity index (χ1v) is 1.83. The van der Waals surface area contributed by atoms with E-state index in [1.807, 2.05) is 0 Å². The van der Waals surface area contributed by atoms with E-state index in [4.69, 9.17) is 17.5 Å². The summed E-state index contributed by atoms with van der Waals surface area (Å²) in [7, 11) is 0. The van der Waals surface area contributed by atoms with Crippen LogP contribution in [0.25, 0.3) is 0 Å². The molecule has 5 heavy (non-hydrogen) atoms. The molecule has 0 spiro atoms. The largest absolute Gasteiger partial charge is 0.329 e. The van der Waals surface area contributed by atoms with Crippen LogP contribution in [0, 0.1) is 0 Å². The maximum atomic E-state index is 4.99. The van der Waals surface area contributed by atoms with Crippen LogP contribution in [-0.4, -0.2) is 13.1 Å². The molecule has 0 aromatic rings. The van der Waals surface area contributed by atoms with Gasteiger partial charge in [-0.1, -0.05) is 0 Å². The van der Waals surface area contributed by atoms with Crippen molar-refractivity contribution in [1.82, 2.24) is 4.84 Å². The zero-order valence-corrected chi connectivity index (χ0v) is 3.63. The molecular formula is C2H7ClN2. The minimum Gasteiger partial charge on any atom is -0.329 e. The van der Waals surface area contributed by atoms with Crippen LogP contribution in [0.15, 0.2) is 0 Å². The number of hydrogen-bond donors (Lipinski definition) is 2. The van der Waals surface area contributed by atoms with E-state index in [0.717, 1.165) is 0 Å². The van der Waals surface area contributed by atoms with Gasteiger partial charge in [-0.3, -0.25) is 0 Å². The highest BCUT2D eigenvalue weighted by atomic mass is 35.5. The van der Waals surface area contributed by atoms with Gasteiger partial charge in [-0.15, -0.1) is 0 Å². The Morgan fingerprint density at radius 3 is 2.40 bits per heavy atom. The molecule has 3 N–H and O–H groups in total. The summed E-state index contributed by atoms with van der Waals surface area (Å²) in [5.41, 5.74) is 4.99. The van der Waals surface area contributed by atoms with Crippen molar-refractivity contribution >= 4 is 11.8 Å². The highest BCUT2D eigenvalue weighted by molar-refractivity contribution is 6.13. The lowest BCUT2D eigenvalue weighted by atomic mass is 10.7. The molecule has 0 heterocycles. The Balaban J connectivity index is 2.19. The van der Waals surface area contributed by atoms with E-state index in [0.29, 0.717) is 13.1 Å². The second kappa shape index (κ2) is 4.21. The molecule has 0 bridgehead atoms. The van der Waals surface area contributed by atoms with Gasteiger partial charge in [0.1, 0.15) is 0 Å². The molecule has 0 aliphatic heterocycles. The molecule has 0 saturated heterocycles. The lowest BCUT2D eigenvalue weighted by molar-refractivity contribution is 0.909. The fraction of sp³-hybridized carbons (Fsp3) is 1.00. The van der Waals surface area contributed by atoms with E-state index in [9.17, 15) is 0 Å². The Hall–Kier alpha value is 0.210. The molecule has 0 fully saturated rings. The van der Waals surface area contributed by atoms with Gasteiger partial charge in [0, 0.05) is 13.1 Å². The van der Waals surface area contributed by atoms with Gasteiger partial charge < -0.3 is 5.73 Å². The van der Waals surface area contributed by atoms with Crippen molar-refractivity contribution in [1.29, 1.82) is 0 Å². The highest BCUT2D eigenvalue weighted by Crippen LogP contribution is 1.52. The third kappa shape index (κ3) is 4.21. The Morgan fingerprint density at radius 1 is 1.80 bits per heavy atom. The lowest BCUT2D eigenvalue weighted by Gasteiger charge is -1.82. The first-order valence-electron chi connectivity index (χ1n) is 1.45. The summed E-state index contributed by atoms with van der Waals surface area (Å²) in [5.74, 6) is 0. The molecule has 0 atom stereocenters. The van der Waals surface area contributed by atoms with Crippen molar-refractivity contribution in [2.45, 2.75) is 0 Å². The summed E-state index contributed by atoms with van der Waals surface area (Å²) >= 11 is 4.97. The van der Waals surface area contributed by atoms with Crippen molar-refractivity contribution in [3.63, 3.8) is 0 Å². The predicted octanol–water partition coefficient (Wildman–Crippen LogP) is -0.312. The highest BCUT2D eigenvalue weighted by Gasteiger charge is 1.66. The fourth-order valence-corrected chi connectivity index (χ4v) is 0.164. The topological polar surface area (TPSA) is 38.0 Å². The fourth-order valence-electron chi connectivity index (χ4n) is 0.0546. The molecule has 32 valence electrons. The lowest BCUT2D eigenvalue weighted by Crippen LogP contribution is -2.13. The molecule has 0 rings (SSSR count). The van der Waals surface area contributed by atoms with Crippen LogP contribution in [0.5, 0.6) is 0 Å². The molecule has 0 amide bonds. The first-order chi connectivity index (χ1) is 2.41. The van der Waals surface area contributed by atoms with Gasteiger partial charge in [0.2, 0.25) is 0 Å². The van der Waals surface area contributed by atoms with E-state index in [2.05, 4.69) is 4.84 Å². The van der Waals surface area contributed by atoms with Crippen molar-refractivity contribution in [2.24, 2.45) is 5.73 Å². The average molecular weight is 94.5 g/mol. The standard InChI is InChI=1S/C2H7ClN2/c3-5-2-1-4/h5H,1-2,4H2. The van der Waals surface area contributed by atoms with E-state index in [1.165, 1.54) is 0 Å². The SMILES string of the molecule is NCCNCl. The van der Waals surface area contributed by atoms with Gasteiger partial charge in [0.05, 0.1) is 0 Å². The normalized spacial score (nSPS) is 8.40.